The van der Waals surface area contributed by atoms with Crippen molar-refractivity contribution in [3.8, 4) is 0 Å². The van der Waals surface area contributed by atoms with Crippen LogP contribution in [0.4, 0.5) is 0 Å². The number of ether oxygens (including phenoxy) is 1. The summed E-state index contributed by atoms with van der Waals surface area (Å²) in [6.07, 6.45) is 3.75. The second-order valence-corrected chi connectivity index (χ2v) is 4.74. The van der Waals surface area contributed by atoms with Crippen molar-refractivity contribution >= 4 is 11.6 Å². The number of aryl methyl sites for hydroxylation is 1. The van der Waals surface area contributed by atoms with Gasteiger partial charge in [0, 0.05) is 32.6 Å². The van der Waals surface area contributed by atoms with Gasteiger partial charge in [-0.3, -0.25) is 4.98 Å². The summed E-state index contributed by atoms with van der Waals surface area (Å²) in [6.45, 7) is 4.30. The Morgan fingerprint density at radius 1 is 1.50 bits per heavy atom. The maximum Gasteiger partial charge on any atom is 0.0696 e. The van der Waals surface area contributed by atoms with Crippen LogP contribution in [0.5, 0.6) is 0 Å². The number of halogens is 1. The van der Waals surface area contributed by atoms with Crippen molar-refractivity contribution in [2.24, 2.45) is 0 Å². The monoisotopic (exact) mass is 242 g/mol. The molecule has 0 aromatic carbocycles. The van der Waals surface area contributed by atoms with Crippen LogP contribution in [-0.2, 0) is 11.3 Å². The van der Waals surface area contributed by atoms with Gasteiger partial charge in [-0.2, -0.15) is 0 Å². The minimum absolute atomic E-state index is 0.0350. The van der Waals surface area contributed by atoms with Crippen molar-refractivity contribution in [1.29, 1.82) is 0 Å². The molecule has 0 amide bonds. The Bertz CT molecular complexity index is 320. The van der Waals surface area contributed by atoms with Crippen molar-refractivity contribution < 1.29 is 4.74 Å². The average Bonchev–Trinajstić information content (AvgIpc) is 2.17. The Kier molecular flexibility index (Phi) is 5.74. The number of nitrogens with zero attached hydrogens (tertiary/aromatic N) is 2. The molecule has 0 saturated carbocycles. The smallest absolute Gasteiger partial charge is 0.0696 e. The Balaban J connectivity index is 2.42. The van der Waals surface area contributed by atoms with E-state index in [1.54, 1.807) is 7.11 Å². The Labute approximate surface area is 102 Å². The minimum Gasteiger partial charge on any atom is -0.383 e. The quantitative estimate of drug-likeness (QED) is 0.715. The van der Waals surface area contributed by atoms with E-state index in [0.717, 1.165) is 13.1 Å². The number of alkyl halides is 1. The van der Waals surface area contributed by atoms with Gasteiger partial charge in [0.05, 0.1) is 12.0 Å². The first-order chi connectivity index (χ1) is 7.61. The molecule has 90 valence electrons. The van der Waals surface area contributed by atoms with E-state index in [9.17, 15) is 0 Å². The number of rotatable bonds is 6. The van der Waals surface area contributed by atoms with Gasteiger partial charge in [-0.15, -0.1) is 11.6 Å². The van der Waals surface area contributed by atoms with E-state index < -0.39 is 0 Å². The van der Waals surface area contributed by atoms with E-state index in [2.05, 4.69) is 16.0 Å². The number of pyridine rings is 1. The van der Waals surface area contributed by atoms with E-state index in [1.807, 2.05) is 26.4 Å². The molecule has 0 fully saturated rings. The molecule has 0 aliphatic heterocycles. The van der Waals surface area contributed by atoms with Gasteiger partial charge in [0.1, 0.15) is 0 Å². The molecule has 0 bridgehead atoms. The van der Waals surface area contributed by atoms with Crippen molar-refractivity contribution in [2.45, 2.75) is 18.8 Å². The summed E-state index contributed by atoms with van der Waals surface area (Å²) in [5.74, 6) is 0. The molecule has 0 spiro atoms. The molecule has 1 heterocycles. The van der Waals surface area contributed by atoms with Gasteiger partial charge in [0.15, 0.2) is 0 Å². The number of hydrogen-bond acceptors (Lipinski definition) is 3. The van der Waals surface area contributed by atoms with Crippen molar-refractivity contribution in [1.82, 2.24) is 9.88 Å². The highest BCUT2D eigenvalue weighted by atomic mass is 35.5. The highest BCUT2D eigenvalue weighted by molar-refractivity contribution is 6.20. The van der Waals surface area contributed by atoms with Crippen LogP contribution >= 0.6 is 11.6 Å². The summed E-state index contributed by atoms with van der Waals surface area (Å²) in [5, 5.41) is 0.0350. The first-order valence-corrected chi connectivity index (χ1v) is 5.77. The van der Waals surface area contributed by atoms with Gasteiger partial charge >= 0.3 is 0 Å². The van der Waals surface area contributed by atoms with E-state index in [-0.39, 0.29) is 5.38 Å². The fourth-order valence-corrected chi connectivity index (χ4v) is 2.01. The molecule has 1 aromatic rings. The zero-order valence-electron chi connectivity index (χ0n) is 10.1. The molecular formula is C12H19ClN2O. The molecular weight excluding hydrogens is 224 g/mol. The van der Waals surface area contributed by atoms with Gasteiger partial charge in [-0.05, 0) is 25.1 Å². The summed E-state index contributed by atoms with van der Waals surface area (Å²) in [7, 11) is 3.72. The Hall–Kier alpha value is -0.640. The van der Waals surface area contributed by atoms with Crippen LogP contribution in [0.15, 0.2) is 18.5 Å². The fraction of sp³-hybridized carbons (Fsp3) is 0.583. The standard InChI is InChI=1S/C12H19ClN2O/c1-10-4-11(6-14-5-10)7-15(2)8-12(13)9-16-3/h4-6,12H,7-9H2,1-3H3. The highest BCUT2D eigenvalue weighted by Crippen LogP contribution is 2.06. The van der Waals surface area contributed by atoms with Crippen LogP contribution in [0.2, 0.25) is 0 Å². The molecule has 0 N–H and O–H groups in total. The first kappa shape index (κ1) is 13.4. The lowest BCUT2D eigenvalue weighted by Gasteiger charge is -2.19. The molecule has 1 atom stereocenters. The van der Waals surface area contributed by atoms with Gasteiger partial charge in [0.25, 0.3) is 0 Å². The molecule has 1 unspecified atom stereocenters. The van der Waals surface area contributed by atoms with Crippen molar-refractivity contribution in [2.75, 3.05) is 27.3 Å². The molecule has 0 radical (unpaired) electrons. The summed E-state index contributed by atoms with van der Waals surface area (Å²) in [4.78, 5) is 6.34. The average molecular weight is 243 g/mol. The predicted molar refractivity (Wildman–Crippen MR) is 66.8 cm³/mol. The summed E-state index contributed by atoms with van der Waals surface area (Å²) in [5.41, 5.74) is 2.40. The van der Waals surface area contributed by atoms with Crippen LogP contribution in [0.1, 0.15) is 11.1 Å². The maximum absolute atomic E-state index is 6.09. The van der Waals surface area contributed by atoms with Crippen LogP contribution in [0.25, 0.3) is 0 Å². The Morgan fingerprint density at radius 3 is 2.88 bits per heavy atom. The SMILES string of the molecule is COCC(Cl)CN(C)Cc1cncc(C)c1. The molecule has 16 heavy (non-hydrogen) atoms. The lowest BCUT2D eigenvalue weighted by molar-refractivity contribution is 0.181. The molecule has 0 aliphatic rings. The van der Waals surface area contributed by atoms with Crippen LogP contribution in [0, 0.1) is 6.92 Å². The molecule has 0 saturated heterocycles. The molecule has 3 nitrogen and oxygen atoms in total. The molecule has 4 heteroatoms. The predicted octanol–water partition coefficient (Wildman–Crippen LogP) is 2.08. The van der Waals surface area contributed by atoms with Crippen molar-refractivity contribution in [3.63, 3.8) is 0 Å². The number of aromatic nitrogens is 1. The maximum atomic E-state index is 6.09. The third kappa shape index (κ3) is 4.92. The van der Waals surface area contributed by atoms with Gasteiger partial charge in [-0.1, -0.05) is 6.07 Å². The van der Waals surface area contributed by atoms with E-state index in [0.29, 0.717) is 6.61 Å². The van der Waals surface area contributed by atoms with Gasteiger partial charge in [-0.25, -0.2) is 0 Å². The summed E-state index contributed by atoms with van der Waals surface area (Å²) in [6, 6.07) is 2.14. The molecule has 1 rings (SSSR count). The topological polar surface area (TPSA) is 25.4 Å². The van der Waals surface area contributed by atoms with Crippen LogP contribution < -0.4 is 0 Å². The van der Waals surface area contributed by atoms with Crippen molar-refractivity contribution in [3.05, 3.63) is 29.6 Å². The van der Waals surface area contributed by atoms with Gasteiger partial charge < -0.3 is 9.64 Å². The number of hydrogen-bond donors (Lipinski definition) is 0. The lowest BCUT2D eigenvalue weighted by atomic mass is 10.2. The number of methoxy groups -OCH3 is 1. The van der Waals surface area contributed by atoms with E-state index in [4.69, 9.17) is 16.3 Å². The second-order valence-electron chi connectivity index (χ2n) is 4.12. The minimum atomic E-state index is 0.0350. The lowest BCUT2D eigenvalue weighted by Crippen LogP contribution is -2.28. The first-order valence-electron chi connectivity index (χ1n) is 5.34. The summed E-state index contributed by atoms with van der Waals surface area (Å²) < 4.78 is 5.00. The third-order valence-electron chi connectivity index (χ3n) is 2.24. The fourth-order valence-electron chi connectivity index (χ4n) is 1.65. The van der Waals surface area contributed by atoms with Crippen LogP contribution in [0.3, 0.4) is 0 Å². The van der Waals surface area contributed by atoms with E-state index >= 15 is 0 Å². The molecule has 0 aliphatic carbocycles. The summed E-state index contributed by atoms with van der Waals surface area (Å²) >= 11 is 6.09. The largest absolute Gasteiger partial charge is 0.383 e. The van der Waals surface area contributed by atoms with E-state index in [1.165, 1.54) is 11.1 Å². The third-order valence-corrected chi connectivity index (χ3v) is 2.51. The zero-order chi connectivity index (χ0) is 12.0. The Morgan fingerprint density at radius 2 is 2.25 bits per heavy atom. The normalized spacial score (nSPS) is 13.1. The van der Waals surface area contributed by atoms with Crippen LogP contribution in [-0.4, -0.2) is 42.6 Å². The molecule has 1 aromatic heterocycles. The second kappa shape index (κ2) is 6.84. The van der Waals surface area contributed by atoms with Gasteiger partial charge in [0.2, 0.25) is 0 Å². The highest BCUT2D eigenvalue weighted by Gasteiger charge is 2.08. The zero-order valence-corrected chi connectivity index (χ0v) is 10.9.